The highest BCUT2D eigenvalue weighted by Crippen LogP contribution is 2.40. The van der Waals surface area contributed by atoms with Crippen molar-refractivity contribution >= 4 is 5.91 Å². The summed E-state index contributed by atoms with van der Waals surface area (Å²) in [6, 6.07) is 0.199. The Morgan fingerprint density at radius 2 is 1.90 bits per heavy atom. The van der Waals surface area contributed by atoms with Crippen molar-refractivity contribution < 1.29 is 9.53 Å². The molecule has 0 bridgehead atoms. The van der Waals surface area contributed by atoms with E-state index in [0.29, 0.717) is 24.7 Å². The fourth-order valence-corrected chi connectivity index (χ4v) is 3.46. The lowest BCUT2D eigenvalue weighted by atomic mass is 9.69. The highest BCUT2D eigenvalue weighted by atomic mass is 16.5. The predicted octanol–water partition coefficient (Wildman–Crippen LogP) is 2.07. The number of amides is 1. The van der Waals surface area contributed by atoms with Crippen LogP contribution in [-0.4, -0.2) is 31.2 Å². The molecular formula is C16H30N2O2. The first-order valence-corrected chi connectivity index (χ1v) is 8.07. The number of nitrogens with two attached hydrogens (primary N) is 1. The number of carbonyl (C=O) groups excluding carboxylic acids is 1. The molecule has 0 aromatic heterocycles. The minimum absolute atomic E-state index is 0.0909. The summed E-state index contributed by atoms with van der Waals surface area (Å²) >= 11 is 0. The van der Waals surface area contributed by atoms with Crippen LogP contribution in [0.15, 0.2) is 0 Å². The Morgan fingerprint density at radius 1 is 1.25 bits per heavy atom. The molecule has 0 aromatic rings. The maximum Gasteiger partial charge on any atom is 0.227 e. The summed E-state index contributed by atoms with van der Waals surface area (Å²) in [5, 5.41) is 3.18. The van der Waals surface area contributed by atoms with Crippen molar-refractivity contribution in [2.75, 3.05) is 13.2 Å². The average Bonchev–Trinajstić information content (AvgIpc) is 2.85. The lowest BCUT2D eigenvalue weighted by molar-refractivity contribution is -0.126. The molecule has 2 aliphatic rings. The number of carbonyl (C=O) groups is 1. The van der Waals surface area contributed by atoms with Gasteiger partial charge in [-0.3, -0.25) is 4.79 Å². The Morgan fingerprint density at radius 3 is 2.40 bits per heavy atom. The van der Waals surface area contributed by atoms with Crippen LogP contribution in [0.5, 0.6) is 0 Å². The predicted molar refractivity (Wildman–Crippen MR) is 80.2 cm³/mol. The molecule has 1 saturated heterocycles. The average molecular weight is 282 g/mol. The summed E-state index contributed by atoms with van der Waals surface area (Å²) in [5.74, 6) is 0.728. The van der Waals surface area contributed by atoms with E-state index in [4.69, 9.17) is 10.5 Å². The van der Waals surface area contributed by atoms with Crippen LogP contribution in [0.1, 0.15) is 52.9 Å². The van der Waals surface area contributed by atoms with Crippen molar-refractivity contribution in [3.05, 3.63) is 0 Å². The van der Waals surface area contributed by atoms with Crippen molar-refractivity contribution in [1.82, 2.24) is 5.32 Å². The lowest BCUT2D eigenvalue weighted by Gasteiger charge is -2.39. The van der Waals surface area contributed by atoms with Crippen LogP contribution >= 0.6 is 0 Å². The zero-order valence-corrected chi connectivity index (χ0v) is 13.2. The maximum absolute atomic E-state index is 12.2. The van der Waals surface area contributed by atoms with Gasteiger partial charge in [0.15, 0.2) is 0 Å². The van der Waals surface area contributed by atoms with E-state index in [1.165, 1.54) is 19.3 Å². The second-order valence-corrected chi connectivity index (χ2v) is 7.21. The third-order valence-corrected chi connectivity index (χ3v) is 5.55. The quantitative estimate of drug-likeness (QED) is 0.829. The summed E-state index contributed by atoms with van der Waals surface area (Å²) in [5.41, 5.74) is 6.32. The molecule has 1 amide bonds. The zero-order chi connectivity index (χ0) is 14.8. The van der Waals surface area contributed by atoms with Crippen LogP contribution in [0, 0.1) is 17.3 Å². The lowest BCUT2D eigenvalue weighted by Crippen LogP contribution is -2.46. The van der Waals surface area contributed by atoms with Crippen LogP contribution < -0.4 is 11.1 Å². The highest BCUT2D eigenvalue weighted by Gasteiger charge is 2.35. The fraction of sp³-hybridized carbons (Fsp3) is 0.938. The van der Waals surface area contributed by atoms with Crippen molar-refractivity contribution in [3.63, 3.8) is 0 Å². The van der Waals surface area contributed by atoms with E-state index in [1.807, 2.05) is 0 Å². The van der Waals surface area contributed by atoms with Crippen molar-refractivity contribution in [2.24, 2.45) is 23.0 Å². The topological polar surface area (TPSA) is 64.3 Å². The molecule has 1 aliphatic carbocycles. The maximum atomic E-state index is 12.2. The third-order valence-electron chi connectivity index (χ3n) is 5.55. The first kappa shape index (κ1) is 15.8. The Hall–Kier alpha value is -0.610. The second-order valence-electron chi connectivity index (χ2n) is 7.21. The summed E-state index contributed by atoms with van der Waals surface area (Å²) in [6.45, 7) is 7.99. The minimum Gasteiger partial charge on any atom is -0.379 e. The zero-order valence-electron chi connectivity index (χ0n) is 13.2. The van der Waals surface area contributed by atoms with Gasteiger partial charge in [-0.2, -0.15) is 0 Å². The molecule has 2 unspecified atom stereocenters. The van der Waals surface area contributed by atoms with E-state index in [0.717, 1.165) is 18.8 Å². The third kappa shape index (κ3) is 3.53. The van der Waals surface area contributed by atoms with Gasteiger partial charge in [0, 0.05) is 12.1 Å². The SMILES string of the molecule is CCC(C)(C)C1CCC(NC(=O)C2COCC2N)CC1. The molecule has 0 spiro atoms. The van der Waals surface area contributed by atoms with Gasteiger partial charge < -0.3 is 15.8 Å². The van der Waals surface area contributed by atoms with Crippen molar-refractivity contribution in [3.8, 4) is 0 Å². The molecule has 116 valence electrons. The molecule has 4 nitrogen and oxygen atoms in total. The number of rotatable bonds is 4. The van der Waals surface area contributed by atoms with E-state index in [-0.39, 0.29) is 17.9 Å². The largest absolute Gasteiger partial charge is 0.379 e. The number of ether oxygens (including phenoxy) is 1. The summed E-state index contributed by atoms with van der Waals surface area (Å²) < 4.78 is 5.27. The number of hydrogen-bond acceptors (Lipinski definition) is 3. The molecule has 0 aromatic carbocycles. The highest BCUT2D eigenvalue weighted by molar-refractivity contribution is 5.80. The summed E-state index contributed by atoms with van der Waals surface area (Å²) in [7, 11) is 0. The van der Waals surface area contributed by atoms with Gasteiger partial charge in [0.25, 0.3) is 0 Å². The van der Waals surface area contributed by atoms with Crippen LogP contribution in [0.3, 0.4) is 0 Å². The molecule has 0 radical (unpaired) electrons. The molecule has 1 heterocycles. The second kappa shape index (κ2) is 6.44. The number of nitrogens with one attached hydrogen (secondary N) is 1. The van der Waals surface area contributed by atoms with Gasteiger partial charge in [-0.1, -0.05) is 27.2 Å². The molecule has 3 N–H and O–H groups in total. The van der Waals surface area contributed by atoms with E-state index >= 15 is 0 Å². The van der Waals surface area contributed by atoms with Crippen LogP contribution in [-0.2, 0) is 9.53 Å². The van der Waals surface area contributed by atoms with Crippen LogP contribution in [0.4, 0.5) is 0 Å². The van der Waals surface area contributed by atoms with E-state index in [2.05, 4.69) is 26.1 Å². The summed E-state index contributed by atoms with van der Waals surface area (Å²) in [6.07, 6.45) is 5.87. The van der Waals surface area contributed by atoms with E-state index in [9.17, 15) is 4.79 Å². The van der Waals surface area contributed by atoms with Crippen LogP contribution in [0.25, 0.3) is 0 Å². The van der Waals surface area contributed by atoms with Crippen molar-refractivity contribution in [2.45, 2.75) is 65.0 Å². The van der Waals surface area contributed by atoms with Crippen molar-refractivity contribution in [1.29, 1.82) is 0 Å². The van der Waals surface area contributed by atoms with E-state index < -0.39 is 0 Å². The van der Waals surface area contributed by atoms with Gasteiger partial charge in [0.1, 0.15) is 0 Å². The van der Waals surface area contributed by atoms with Gasteiger partial charge >= 0.3 is 0 Å². The first-order valence-electron chi connectivity index (χ1n) is 8.07. The molecular weight excluding hydrogens is 252 g/mol. The fourth-order valence-electron chi connectivity index (χ4n) is 3.46. The first-order chi connectivity index (χ1) is 9.44. The Balaban J connectivity index is 1.78. The molecule has 2 fully saturated rings. The Labute approximate surface area is 122 Å². The van der Waals surface area contributed by atoms with Gasteiger partial charge in [0.2, 0.25) is 5.91 Å². The molecule has 1 aliphatic heterocycles. The van der Waals surface area contributed by atoms with Gasteiger partial charge in [-0.25, -0.2) is 0 Å². The molecule has 20 heavy (non-hydrogen) atoms. The van der Waals surface area contributed by atoms with Crippen LogP contribution in [0.2, 0.25) is 0 Å². The molecule has 2 atom stereocenters. The normalized spacial score (nSPS) is 35.0. The van der Waals surface area contributed by atoms with Gasteiger partial charge in [-0.15, -0.1) is 0 Å². The smallest absolute Gasteiger partial charge is 0.227 e. The Bertz CT molecular complexity index is 335. The van der Waals surface area contributed by atoms with Gasteiger partial charge in [0.05, 0.1) is 19.1 Å². The molecule has 4 heteroatoms. The number of hydrogen-bond donors (Lipinski definition) is 2. The summed E-state index contributed by atoms with van der Waals surface area (Å²) in [4.78, 5) is 12.2. The Kier molecular flexibility index (Phi) is 5.08. The molecule has 2 rings (SSSR count). The molecule has 1 saturated carbocycles. The van der Waals surface area contributed by atoms with Gasteiger partial charge in [-0.05, 0) is 37.0 Å². The monoisotopic (exact) mass is 282 g/mol. The standard InChI is InChI=1S/C16H30N2O2/c1-4-16(2,3)11-5-7-12(8-6-11)18-15(19)13-9-20-10-14(13)17/h11-14H,4-10,17H2,1-3H3,(H,18,19). The van der Waals surface area contributed by atoms with E-state index in [1.54, 1.807) is 0 Å². The minimum atomic E-state index is -0.153.